The highest BCUT2D eigenvalue weighted by molar-refractivity contribution is 5.96. The molecule has 2 N–H and O–H groups in total. The van der Waals surface area contributed by atoms with Gasteiger partial charge in [-0.25, -0.2) is 0 Å². The second kappa shape index (κ2) is 6.75. The van der Waals surface area contributed by atoms with Gasteiger partial charge in [0.15, 0.2) is 0 Å². The Morgan fingerprint density at radius 1 is 1.45 bits per heavy atom. The molecule has 4 heteroatoms. The third kappa shape index (κ3) is 3.31. The molecule has 4 nitrogen and oxygen atoms in total. The number of nitrogens with zero attached hydrogens (tertiary/aromatic N) is 1. The highest BCUT2D eigenvalue weighted by Crippen LogP contribution is 2.17. The second-order valence-corrected chi connectivity index (χ2v) is 5.41. The van der Waals surface area contributed by atoms with Gasteiger partial charge in [-0.15, -0.1) is 0 Å². The van der Waals surface area contributed by atoms with Crippen molar-refractivity contribution in [1.29, 1.82) is 0 Å². The van der Waals surface area contributed by atoms with E-state index in [-0.39, 0.29) is 5.91 Å². The Morgan fingerprint density at radius 3 is 2.90 bits per heavy atom. The first-order valence-corrected chi connectivity index (χ1v) is 7.46. The fourth-order valence-electron chi connectivity index (χ4n) is 2.92. The molecule has 1 aliphatic heterocycles. The van der Waals surface area contributed by atoms with Crippen molar-refractivity contribution in [3.63, 3.8) is 0 Å². The Kier molecular flexibility index (Phi) is 5.01. The zero-order chi connectivity index (χ0) is 14.5. The summed E-state index contributed by atoms with van der Waals surface area (Å²) in [5.74, 6) is 0.0353. The Bertz CT molecular complexity index is 473. The van der Waals surface area contributed by atoms with Crippen molar-refractivity contribution in [2.75, 3.05) is 32.0 Å². The minimum atomic E-state index is 0.0353. The summed E-state index contributed by atoms with van der Waals surface area (Å²) in [7, 11) is 1.88. The molecule has 1 saturated heterocycles. The Morgan fingerprint density at radius 2 is 2.25 bits per heavy atom. The van der Waals surface area contributed by atoms with Crippen molar-refractivity contribution in [1.82, 2.24) is 10.2 Å². The molecule has 110 valence electrons. The SMILES string of the molecule is CCN1CCCC1CNC(=O)c1ccc(NC)cc1C. The average molecular weight is 275 g/mol. The number of anilines is 1. The van der Waals surface area contributed by atoms with Crippen LogP contribution in [0.2, 0.25) is 0 Å². The fourth-order valence-corrected chi connectivity index (χ4v) is 2.92. The van der Waals surface area contributed by atoms with Crippen LogP contribution in [-0.4, -0.2) is 43.5 Å². The molecule has 1 aliphatic rings. The van der Waals surface area contributed by atoms with Gasteiger partial charge in [-0.05, 0) is 56.6 Å². The van der Waals surface area contributed by atoms with Crippen LogP contribution in [0.3, 0.4) is 0 Å². The highest BCUT2D eigenvalue weighted by atomic mass is 16.1. The maximum absolute atomic E-state index is 12.3. The molecule has 0 aromatic heterocycles. The third-order valence-corrected chi connectivity index (χ3v) is 4.16. The molecule has 1 amide bonds. The standard InChI is InChI=1S/C16H25N3O/c1-4-19-9-5-6-14(19)11-18-16(20)15-8-7-13(17-3)10-12(15)2/h7-8,10,14,17H,4-6,9,11H2,1-3H3,(H,18,20). The minimum absolute atomic E-state index is 0.0353. The number of amides is 1. The first-order chi connectivity index (χ1) is 9.65. The summed E-state index contributed by atoms with van der Waals surface area (Å²) >= 11 is 0. The van der Waals surface area contributed by atoms with Crippen LogP contribution in [-0.2, 0) is 0 Å². The zero-order valence-corrected chi connectivity index (χ0v) is 12.7. The number of benzene rings is 1. The Balaban J connectivity index is 1.95. The molecule has 0 radical (unpaired) electrons. The van der Waals surface area contributed by atoms with Crippen LogP contribution in [0, 0.1) is 6.92 Å². The van der Waals surface area contributed by atoms with Crippen LogP contribution < -0.4 is 10.6 Å². The normalized spacial score (nSPS) is 19.1. The molecule has 2 rings (SSSR count). The summed E-state index contributed by atoms with van der Waals surface area (Å²) in [6.07, 6.45) is 2.43. The molecule has 1 heterocycles. The topological polar surface area (TPSA) is 44.4 Å². The number of carbonyl (C=O) groups excluding carboxylic acids is 1. The number of likely N-dealkylation sites (tertiary alicyclic amines) is 1. The molecule has 0 aliphatic carbocycles. The summed E-state index contributed by atoms with van der Waals surface area (Å²) in [6, 6.07) is 6.34. The van der Waals surface area contributed by atoms with E-state index >= 15 is 0 Å². The molecule has 0 spiro atoms. The van der Waals surface area contributed by atoms with Gasteiger partial charge in [0.2, 0.25) is 0 Å². The number of aryl methyl sites for hydroxylation is 1. The van der Waals surface area contributed by atoms with Crippen molar-refractivity contribution in [2.45, 2.75) is 32.7 Å². The van der Waals surface area contributed by atoms with E-state index < -0.39 is 0 Å². The fraction of sp³-hybridized carbons (Fsp3) is 0.562. The first-order valence-electron chi connectivity index (χ1n) is 7.46. The quantitative estimate of drug-likeness (QED) is 0.866. The Labute approximate surface area is 121 Å². The lowest BCUT2D eigenvalue weighted by molar-refractivity contribution is 0.0941. The van der Waals surface area contributed by atoms with Crippen LogP contribution in [0.25, 0.3) is 0 Å². The maximum Gasteiger partial charge on any atom is 0.251 e. The molecule has 1 aromatic rings. The molecular formula is C16H25N3O. The smallest absolute Gasteiger partial charge is 0.251 e. The summed E-state index contributed by atoms with van der Waals surface area (Å²) in [5, 5.41) is 6.17. The number of carbonyl (C=O) groups is 1. The van der Waals surface area contributed by atoms with E-state index in [1.165, 1.54) is 12.8 Å². The molecule has 1 unspecified atom stereocenters. The highest BCUT2D eigenvalue weighted by Gasteiger charge is 2.23. The minimum Gasteiger partial charge on any atom is -0.388 e. The molecule has 0 bridgehead atoms. The first kappa shape index (κ1) is 14.9. The van der Waals surface area contributed by atoms with Gasteiger partial charge in [-0.2, -0.15) is 0 Å². The van der Waals surface area contributed by atoms with Gasteiger partial charge in [0.05, 0.1) is 0 Å². The van der Waals surface area contributed by atoms with Gasteiger partial charge >= 0.3 is 0 Å². The number of likely N-dealkylation sites (N-methyl/N-ethyl adjacent to an activating group) is 1. The van der Waals surface area contributed by atoms with Crippen molar-refractivity contribution in [3.05, 3.63) is 29.3 Å². The molecule has 1 atom stereocenters. The largest absolute Gasteiger partial charge is 0.388 e. The van der Waals surface area contributed by atoms with Gasteiger partial charge < -0.3 is 10.6 Å². The van der Waals surface area contributed by atoms with E-state index in [2.05, 4.69) is 22.5 Å². The summed E-state index contributed by atoms with van der Waals surface area (Å²) < 4.78 is 0. The lowest BCUT2D eigenvalue weighted by Gasteiger charge is -2.23. The van der Waals surface area contributed by atoms with Crippen LogP contribution in [0.5, 0.6) is 0 Å². The van der Waals surface area contributed by atoms with Gasteiger partial charge in [-0.1, -0.05) is 6.92 Å². The third-order valence-electron chi connectivity index (χ3n) is 4.16. The van der Waals surface area contributed by atoms with Gasteiger partial charge in [0.1, 0.15) is 0 Å². The lowest BCUT2D eigenvalue weighted by atomic mass is 10.1. The molecule has 20 heavy (non-hydrogen) atoms. The van der Waals surface area contributed by atoms with Crippen LogP contribution >= 0.6 is 0 Å². The Hall–Kier alpha value is -1.55. The number of rotatable bonds is 5. The molecule has 0 saturated carbocycles. The van der Waals surface area contributed by atoms with Crippen LogP contribution in [0.4, 0.5) is 5.69 Å². The van der Waals surface area contributed by atoms with E-state index in [4.69, 9.17) is 0 Å². The molecular weight excluding hydrogens is 250 g/mol. The predicted molar refractivity (Wildman–Crippen MR) is 83.3 cm³/mol. The van der Waals surface area contributed by atoms with Crippen LogP contribution in [0.15, 0.2) is 18.2 Å². The zero-order valence-electron chi connectivity index (χ0n) is 12.7. The monoisotopic (exact) mass is 275 g/mol. The molecule has 1 fully saturated rings. The maximum atomic E-state index is 12.3. The van der Waals surface area contributed by atoms with E-state index in [0.717, 1.165) is 36.4 Å². The van der Waals surface area contributed by atoms with E-state index in [0.29, 0.717) is 6.04 Å². The van der Waals surface area contributed by atoms with Crippen LogP contribution in [0.1, 0.15) is 35.7 Å². The summed E-state index contributed by atoms with van der Waals surface area (Å²) in [6.45, 7) is 7.13. The summed E-state index contributed by atoms with van der Waals surface area (Å²) in [4.78, 5) is 14.7. The van der Waals surface area contributed by atoms with Gasteiger partial charge in [0, 0.05) is 30.9 Å². The number of nitrogens with one attached hydrogen (secondary N) is 2. The predicted octanol–water partition coefficient (Wildman–Crippen LogP) is 2.25. The van der Waals surface area contributed by atoms with Gasteiger partial charge in [-0.3, -0.25) is 9.69 Å². The van der Waals surface area contributed by atoms with Crippen molar-refractivity contribution in [2.24, 2.45) is 0 Å². The molecule has 1 aromatic carbocycles. The van der Waals surface area contributed by atoms with Gasteiger partial charge in [0.25, 0.3) is 5.91 Å². The summed E-state index contributed by atoms with van der Waals surface area (Å²) in [5.41, 5.74) is 2.81. The number of hydrogen-bond acceptors (Lipinski definition) is 3. The number of hydrogen-bond donors (Lipinski definition) is 2. The van der Waals surface area contributed by atoms with Crippen molar-refractivity contribution in [3.8, 4) is 0 Å². The van der Waals surface area contributed by atoms with E-state index in [1.807, 2.05) is 32.2 Å². The van der Waals surface area contributed by atoms with E-state index in [9.17, 15) is 4.79 Å². The van der Waals surface area contributed by atoms with E-state index in [1.54, 1.807) is 0 Å². The van der Waals surface area contributed by atoms with Crippen molar-refractivity contribution < 1.29 is 4.79 Å². The van der Waals surface area contributed by atoms with Crippen molar-refractivity contribution >= 4 is 11.6 Å². The second-order valence-electron chi connectivity index (χ2n) is 5.41. The average Bonchev–Trinajstić information content (AvgIpc) is 2.92. The lowest BCUT2D eigenvalue weighted by Crippen LogP contribution is -2.40.